The summed E-state index contributed by atoms with van der Waals surface area (Å²) in [6, 6.07) is 31.0. The van der Waals surface area contributed by atoms with E-state index in [0.29, 0.717) is 17.1 Å². The summed E-state index contributed by atoms with van der Waals surface area (Å²) >= 11 is 0. The molecule has 0 radical (unpaired) electrons. The minimum atomic E-state index is -0.691. The van der Waals surface area contributed by atoms with Crippen LogP contribution in [0, 0.1) is 24.5 Å². The topological polar surface area (TPSA) is 183 Å². The van der Waals surface area contributed by atoms with Crippen LogP contribution in [0.25, 0.3) is 0 Å². The Bertz CT molecular complexity index is 2010. The fraction of sp³-hybridized carbons (Fsp3) is 0.262. The van der Waals surface area contributed by atoms with Crippen LogP contribution >= 0.6 is 0 Å². The average molecular weight is 823 g/mol. The van der Waals surface area contributed by atoms with Crippen LogP contribution in [0.4, 0.5) is 11.4 Å². The van der Waals surface area contributed by atoms with Crippen molar-refractivity contribution < 1.29 is 136 Å². The molecule has 4 aromatic heterocycles. The van der Waals surface area contributed by atoms with Gasteiger partial charge in [0.2, 0.25) is 0 Å². The predicted molar refractivity (Wildman–Crippen MR) is 205 cm³/mol. The number of nitrogens with one attached hydrogen (secondary N) is 2. The number of ether oxygens (including phenoxy) is 1. The Hall–Kier alpha value is -3.20. The van der Waals surface area contributed by atoms with Crippen molar-refractivity contribution in [1.82, 2.24) is 20.3 Å². The van der Waals surface area contributed by atoms with Gasteiger partial charge in [-0.15, -0.1) is 36.7 Å². The molecule has 13 nitrogen and oxygen atoms in total. The van der Waals surface area contributed by atoms with E-state index in [2.05, 4.69) is 97.0 Å². The van der Waals surface area contributed by atoms with Crippen LogP contribution in [0.1, 0.15) is 99.7 Å². The Morgan fingerprint density at radius 3 is 1.63 bits per heavy atom. The van der Waals surface area contributed by atoms with Gasteiger partial charge < -0.3 is 29.5 Å². The Kier molecular flexibility index (Phi) is 23.7. The van der Waals surface area contributed by atoms with Gasteiger partial charge in [0.05, 0.1) is 11.8 Å². The quantitative estimate of drug-likeness (QED) is 0.127. The van der Waals surface area contributed by atoms with Crippen molar-refractivity contribution >= 4 is 29.2 Å². The molecule has 0 saturated carbocycles. The van der Waals surface area contributed by atoms with Crippen molar-refractivity contribution in [3.63, 3.8) is 0 Å². The number of carbonyl (C=O) groups excluding carboxylic acids is 3. The molecule has 15 heteroatoms. The van der Waals surface area contributed by atoms with E-state index in [4.69, 9.17) is 13.8 Å². The number of carbonyl (C=O) groups is 3. The molecule has 2 aromatic carbocycles. The summed E-state index contributed by atoms with van der Waals surface area (Å²) in [5, 5.41) is 21.8. The van der Waals surface area contributed by atoms with Crippen LogP contribution in [0.2, 0.25) is 0 Å². The largest absolute Gasteiger partial charge is 1.00 e. The van der Waals surface area contributed by atoms with Gasteiger partial charge in [-0.3, -0.25) is 14.4 Å². The van der Waals surface area contributed by atoms with Crippen molar-refractivity contribution in [2.45, 2.75) is 72.3 Å². The summed E-state index contributed by atoms with van der Waals surface area (Å²) in [5.74, 6) is 0.642. The van der Waals surface area contributed by atoms with E-state index in [-0.39, 0.29) is 137 Å². The number of aliphatic hydroxyl groups is 1. The van der Waals surface area contributed by atoms with Crippen LogP contribution in [0.15, 0.2) is 106 Å². The van der Waals surface area contributed by atoms with Crippen LogP contribution in [0.3, 0.4) is 0 Å². The number of aliphatic hydroxyl groups excluding tert-OH is 1. The summed E-state index contributed by atoms with van der Waals surface area (Å²) in [6.07, 6.45) is 6.01. The minimum absolute atomic E-state index is 0. The molecule has 0 aliphatic carbocycles. The number of esters is 1. The molecule has 57 heavy (non-hydrogen) atoms. The molecule has 2 amide bonds. The van der Waals surface area contributed by atoms with Crippen molar-refractivity contribution in [2.75, 3.05) is 10.6 Å². The molecule has 0 aliphatic rings. The first-order valence-corrected chi connectivity index (χ1v) is 17.0. The van der Waals surface area contributed by atoms with Gasteiger partial charge in [0.1, 0.15) is 5.69 Å². The fourth-order valence-corrected chi connectivity index (χ4v) is 4.02. The molecule has 0 saturated heterocycles. The Morgan fingerprint density at radius 2 is 1.23 bits per heavy atom. The van der Waals surface area contributed by atoms with E-state index in [1.165, 1.54) is 19.2 Å². The molecule has 6 rings (SSSR count). The molecule has 0 bridgehead atoms. The molecule has 0 aliphatic heterocycles. The second-order valence-corrected chi connectivity index (χ2v) is 13.7. The van der Waals surface area contributed by atoms with Crippen molar-refractivity contribution in [3.8, 4) is 5.75 Å². The number of hydrogen-bond donors (Lipinski definition) is 3. The molecule has 0 spiro atoms. The third kappa shape index (κ3) is 19.4. The first-order valence-electron chi connectivity index (χ1n) is 17.0. The van der Waals surface area contributed by atoms with Gasteiger partial charge in [0.25, 0.3) is 11.8 Å². The molecule has 1 unspecified atom stereocenters. The van der Waals surface area contributed by atoms with Gasteiger partial charge in [0.15, 0.2) is 11.4 Å². The number of amides is 2. The monoisotopic (exact) mass is 822 g/mol. The van der Waals surface area contributed by atoms with Crippen LogP contribution < -0.4 is 118 Å². The Balaban J connectivity index is 0.000000396. The molecule has 6 aromatic rings. The third-order valence-corrected chi connectivity index (χ3v) is 6.89. The van der Waals surface area contributed by atoms with Crippen molar-refractivity contribution in [1.29, 1.82) is 0 Å². The van der Waals surface area contributed by atoms with Crippen LogP contribution in [-0.2, 0) is 15.6 Å². The van der Waals surface area contributed by atoms with Gasteiger partial charge in [-0.05, 0) is 53.5 Å². The maximum Gasteiger partial charge on any atom is 1.00 e. The second kappa shape index (κ2) is 26.0. The first kappa shape index (κ1) is 51.8. The minimum Gasteiger partial charge on any atom is -0.470 e. The molecular formula is C42H44K2N6O7-2. The van der Waals surface area contributed by atoms with E-state index in [1.54, 1.807) is 91.9 Å². The van der Waals surface area contributed by atoms with E-state index in [0.717, 1.165) is 11.5 Å². The number of hydrogen-bond acceptors (Lipinski definition) is 11. The van der Waals surface area contributed by atoms with E-state index >= 15 is 0 Å². The van der Waals surface area contributed by atoms with Gasteiger partial charge in [0, 0.05) is 13.1 Å². The fourth-order valence-electron chi connectivity index (χ4n) is 4.02. The summed E-state index contributed by atoms with van der Waals surface area (Å²) < 4.78 is 14.7. The summed E-state index contributed by atoms with van der Waals surface area (Å²) in [7, 11) is 0. The molecular weight excluding hydrogens is 779 g/mol. The molecule has 288 valence electrons. The molecule has 3 N–H and O–H groups in total. The van der Waals surface area contributed by atoms with E-state index in [1.807, 2.05) is 0 Å². The maximum atomic E-state index is 12.0. The smallest absolute Gasteiger partial charge is 0.470 e. The number of benzene rings is 2. The first-order chi connectivity index (χ1) is 26.0. The zero-order valence-electron chi connectivity index (χ0n) is 34.0. The number of nitrogens with zero attached hydrogens (tertiary/aromatic N) is 4. The second-order valence-electron chi connectivity index (χ2n) is 13.7. The van der Waals surface area contributed by atoms with Gasteiger partial charge in [-0.1, -0.05) is 59.0 Å². The van der Waals surface area contributed by atoms with Crippen LogP contribution in [-0.4, -0.2) is 43.2 Å². The molecule has 4 heterocycles. The van der Waals surface area contributed by atoms with Gasteiger partial charge in [-0.2, -0.15) is 48.5 Å². The van der Waals surface area contributed by atoms with E-state index in [9.17, 15) is 19.5 Å². The molecule has 1 atom stereocenters. The summed E-state index contributed by atoms with van der Waals surface area (Å²) in [4.78, 5) is 43.0. The normalized spacial score (nSPS) is 10.8. The molecule has 0 fully saturated rings. The van der Waals surface area contributed by atoms with E-state index < -0.39 is 18.0 Å². The number of aromatic nitrogens is 4. The summed E-state index contributed by atoms with van der Waals surface area (Å²) in [5.41, 5.74) is 2.24. The SMILES string of the molecule is CC(=O)Oc1cccnc1C(=O)Nc1cc[c-]cc1.CC(C)(C)c1c[c-]no1.CC(C)(C)c1c[c-]no1.CC(O)c1cccc(C(=O)Nc2cc[c-]cc2)n1.[K+].[K+]. The Morgan fingerprint density at radius 1 is 0.737 bits per heavy atom. The maximum absolute atomic E-state index is 12.0. The van der Waals surface area contributed by atoms with Crippen molar-refractivity contribution in [3.05, 3.63) is 150 Å². The van der Waals surface area contributed by atoms with Crippen molar-refractivity contribution in [2.24, 2.45) is 0 Å². The number of rotatable bonds is 6. The predicted octanol–water partition coefficient (Wildman–Crippen LogP) is 1.80. The zero-order chi connectivity index (χ0) is 40.4. The number of pyridine rings is 2. The van der Waals surface area contributed by atoms with Crippen LogP contribution in [0.5, 0.6) is 5.75 Å². The summed E-state index contributed by atoms with van der Waals surface area (Å²) in [6.45, 7) is 15.3. The number of anilines is 2. The third-order valence-electron chi connectivity index (χ3n) is 6.89. The zero-order valence-corrected chi connectivity index (χ0v) is 40.2. The standard InChI is InChI=1S/C14H11N2O3.C14H13N2O2.2C7H10NO.2K/c1-10(17)19-12-8-5-9-15-13(12)14(18)16-11-6-3-2-4-7-11;1-10(17)12-8-5-9-13(16-12)14(18)15-11-6-3-2-4-7-11;2*1-7(2,3)6-4-5-8-9-6;;/h3-9H,1H3,(H,16,18);3-10,17H,1H3,(H,15,18);2*4H,1-3H3;;/q4*-1;2*+1. The average Bonchev–Trinajstić information content (AvgIpc) is 3.90. The Labute approximate surface area is 419 Å². The van der Waals surface area contributed by atoms with Gasteiger partial charge >= 0.3 is 109 Å². The van der Waals surface area contributed by atoms with Gasteiger partial charge in [-0.25, -0.2) is 20.3 Å².